The molecule has 0 fully saturated rings. The van der Waals surface area contributed by atoms with Crippen LogP contribution in [0.4, 0.5) is 4.39 Å². The summed E-state index contributed by atoms with van der Waals surface area (Å²) in [5.74, 6) is 1.09. The van der Waals surface area contributed by atoms with Crippen molar-refractivity contribution in [3.8, 4) is 5.69 Å². The predicted molar refractivity (Wildman–Crippen MR) is 87.9 cm³/mol. The first-order valence-corrected chi connectivity index (χ1v) is 8.10. The quantitative estimate of drug-likeness (QED) is 0.786. The summed E-state index contributed by atoms with van der Waals surface area (Å²) in [4.78, 5) is 21.0. The van der Waals surface area contributed by atoms with Crippen LogP contribution in [0.2, 0.25) is 0 Å². The number of benzene rings is 1. The Hall–Kier alpha value is -3.03. The first-order chi connectivity index (χ1) is 12.1. The van der Waals surface area contributed by atoms with Gasteiger partial charge in [-0.1, -0.05) is 0 Å². The number of rotatable bonds is 3. The van der Waals surface area contributed by atoms with E-state index in [1.807, 2.05) is 10.8 Å². The van der Waals surface area contributed by atoms with Crippen LogP contribution in [-0.4, -0.2) is 36.3 Å². The highest BCUT2D eigenvalue weighted by atomic mass is 19.1. The summed E-state index contributed by atoms with van der Waals surface area (Å²) >= 11 is 0. The van der Waals surface area contributed by atoms with Crippen molar-refractivity contribution in [2.45, 2.75) is 32.4 Å². The van der Waals surface area contributed by atoms with Crippen molar-refractivity contribution in [2.24, 2.45) is 0 Å². The van der Waals surface area contributed by atoms with Gasteiger partial charge in [0.25, 0.3) is 5.91 Å². The number of fused-ring (bicyclic) bond motifs is 1. The molecule has 128 valence electrons. The Morgan fingerprint density at radius 2 is 2.12 bits per heavy atom. The molecule has 0 saturated heterocycles. The summed E-state index contributed by atoms with van der Waals surface area (Å²) in [6, 6.07) is 5.91. The molecule has 1 aromatic carbocycles. The molecule has 0 radical (unpaired) electrons. The molecule has 1 N–H and O–H groups in total. The molecule has 2 aromatic heterocycles. The molecule has 1 aliphatic rings. The number of aryl methyl sites for hydroxylation is 2. The number of hydrogen-bond acceptors (Lipinski definition) is 4. The molecule has 0 unspecified atom stereocenters. The smallest absolute Gasteiger partial charge is 0.291 e. The van der Waals surface area contributed by atoms with Crippen LogP contribution in [0.1, 0.15) is 28.7 Å². The first kappa shape index (κ1) is 15.5. The van der Waals surface area contributed by atoms with Gasteiger partial charge < -0.3 is 9.88 Å². The van der Waals surface area contributed by atoms with Gasteiger partial charge in [-0.05, 0) is 37.6 Å². The van der Waals surface area contributed by atoms with Crippen LogP contribution >= 0.6 is 0 Å². The van der Waals surface area contributed by atoms with Crippen LogP contribution in [0.15, 0.2) is 36.7 Å². The highest BCUT2D eigenvalue weighted by molar-refractivity contribution is 5.90. The highest BCUT2D eigenvalue weighted by Crippen LogP contribution is 2.14. The van der Waals surface area contributed by atoms with Crippen LogP contribution < -0.4 is 5.32 Å². The van der Waals surface area contributed by atoms with E-state index >= 15 is 0 Å². The lowest BCUT2D eigenvalue weighted by Crippen LogP contribution is -2.41. The van der Waals surface area contributed by atoms with Gasteiger partial charge in [-0.15, -0.1) is 5.10 Å². The predicted octanol–water partition coefficient (Wildman–Crippen LogP) is 1.66. The Bertz CT molecular complexity index is 914. The van der Waals surface area contributed by atoms with E-state index in [4.69, 9.17) is 0 Å². The second-order valence-corrected chi connectivity index (χ2v) is 6.08. The number of carbonyl (C=O) groups excluding carboxylic acids is 1. The fraction of sp³-hybridized carbons (Fsp3) is 0.294. The van der Waals surface area contributed by atoms with Gasteiger partial charge in [0.05, 0.1) is 5.69 Å². The van der Waals surface area contributed by atoms with Gasteiger partial charge in [0, 0.05) is 31.4 Å². The van der Waals surface area contributed by atoms with Gasteiger partial charge in [0.1, 0.15) is 17.5 Å². The number of carbonyl (C=O) groups is 1. The van der Waals surface area contributed by atoms with Gasteiger partial charge in [-0.2, -0.15) is 0 Å². The maximum atomic E-state index is 13.1. The number of aromatic nitrogens is 5. The number of amides is 1. The highest BCUT2D eigenvalue weighted by Gasteiger charge is 2.23. The van der Waals surface area contributed by atoms with Crippen molar-refractivity contribution in [2.75, 3.05) is 0 Å². The maximum Gasteiger partial charge on any atom is 0.291 e. The van der Waals surface area contributed by atoms with Gasteiger partial charge >= 0.3 is 0 Å². The molecule has 1 atom stereocenters. The lowest BCUT2D eigenvalue weighted by molar-refractivity contribution is 0.0917. The summed E-state index contributed by atoms with van der Waals surface area (Å²) in [6.07, 6.45) is 5.35. The van der Waals surface area contributed by atoms with Crippen LogP contribution in [0.3, 0.4) is 0 Å². The van der Waals surface area contributed by atoms with Crippen LogP contribution in [0, 0.1) is 12.7 Å². The summed E-state index contributed by atoms with van der Waals surface area (Å²) in [7, 11) is 0. The molecular formula is C17H17FN6O. The maximum absolute atomic E-state index is 13.1. The molecule has 0 saturated carbocycles. The van der Waals surface area contributed by atoms with E-state index in [1.165, 1.54) is 16.8 Å². The zero-order valence-corrected chi connectivity index (χ0v) is 13.7. The summed E-state index contributed by atoms with van der Waals surface area (Å²) in [5, 5.41) is 7.24. The number of nitrogens with one attached hydrogen (secondary N) is 1. The minimum atomic E-state index is -0.323. The fourth-order valence-electron chi connectivity index (χ4n) is 3.05. The normalized spacial score (nSPS) is 16.5. The number of imidazole rings is 1. The molecule has 7 nitrogen and oxygen atoms in total. The zero-order valence-electron chi connectivity index (χ0n) is 13.7. The Morgan fingerprint density at radius 3 is 2.92 bits per heavy atom. The van der Waals surface area contributed by atoms with Crippen molar-refractivity contribution in [3.05, 3.63) is 59.9 Å². The molecule has 1 amide bonds. The average Bonchev–Trinajstić information content (AvgIpc) is 3.22. The molecule has 3 heterocycles. The minimum absolute atomic E-state index is 0.0206. The van der Waals surface area contributed by atoms with Crippen molar-refractivity contribution in [3.63, 3.8) is 0 Å². The molecule has 4 rings (SSSR count). The fourth-order valence-corrected chi connectivity index (χ4v) is 3.05. The molecular weight excluding hydrogens is 323 g/mol. The molecule has 8 heteroatoms. The Labute approximate surface area is 143 Å². The second kappa shape index (κ2) is 6.12. The summed E-state index contributed by atoms with van der Waals surface area (Å²) in [6.45, 7) is 2.45. The molecule has 25 heavy (non-hydrogen) atoms. The minimum Gasteiger partial charge on any atom is -0.345 e. The van der Waals surface area contributed by atoms with Crippen molar-refractivity contribution in [1.29, 1.82) is 0 Å². The zero-order chi connectivity index (χ0) is 17.4. The van der Waals surface area contributed by atoms with Gasteiger partial charge in [-0.25, -0.2) is 19.0 Å². The molecule has 3 aromatic rings. The van der Waals surface area contributed by atoms with Crippen LogP contribution in [0.5, 0.6) is 0 Å². The Balaban J connectivity index is 1.50. The van der Waals surface area contributed by atoms with E-state index in [2.05, 4.69) is 20.4 Å². The van der Waals surface area contributed by atoms with E-state index in [-0.39, 0.29) is 23.6 Å². The third-order valence-electron chi connectivity index (χ3n) is 4.31. The van der Waals surface area contributed by atoms with Crippen LogP contribution in [0.25, 0.3) is 5.69 Å². The Morgan fingerprint density at radius 1 is 1.32 bits per heavy atom. The van der Waals surface area contributed by atoms with Gasteiger partial charge in [0.15, 0.2) is 0 Å². The van der Waals surface area contributed by atoms with E-state index in [1.54, 1.807) is 25.3 Å². The lowest BCUT2D eigenvalue weighted by atomic mass is 10.1. The van der Waals surface area contributed by atoms with E-state index in [9.17, 15) is 9.18 Å². The van der Waals surface area contributed by atoms with Gasteiger partial charge in [-0.3, -0.25) is 4.79 Å². The van der Waals surface area contributed by atoms with E-state index in [0.29, 0.717) is 18.1 Å². The molecule has 1 aliphatic heterocycles. The summed E-state index contributed by atoms with van der Waals surface area (Å²) in [5.41, 5.74) is 0.658. The second-order valence-electron chi connectivity index (χ2n) is 6.08. The third-order valence-corrected chi connectivity index (χ3v) is 4.31. The monoisotopic (exact) mass is 340 g/mol. The van der Waals surface area contributed by atoms with Crippen LogP contribution in [-0.2, 0) is 13.0 Å². The average molecular weight is 340 g/mol. The largest absolute Gasteiger partial charge is 0.345 e. The lowest BCUT2D eigenvalue weighted by Gasteiger charge is -2.24. The topological polar surface area (TPSA) is 77.6 Å². The standard InChI is InChI=1S/C17H17FN6O/c1-11-20-16(22-24(11)14-5-2-12(18)3-6-14)17(25)21-13-4-7-15-19-8-9-23(15)10-13/h2-3,5-6,8-9,13H,4,7,10H2,1H3,(H,21,25)/t13-/m1/s1. The molecule has 0 bridgehead atoms. The molecule has 0 aliphatic carbocycles. The van der Waals surface area contributed by atoms with Crippen molar-refractivity contribution < 1.29 is 9.18 Å². The third kappa shape index (κ3) is 3.02. The number of hydrogen-bond donors (Lipinski definition) is 1. The van der Waals surface area contributed by atoms with E-state index in [0.717, 1.165) is 18.7 Å². The SMILES string of the molecule is Cc1nc(C(=O)N[C@@H]2CCc3nccn3C2)nn1-c1ccc(F)cc1. The van der Waals surface area contributed by atoms with E-state index < -0.39 is 0 Å². The summed E-state index contributed by atoms with van der Waals surface area (Å²) < 4.78 is 16.6. The Kier molecular flexibility index (Phi) is 3.79. The van der Waals surface area contributed by atoms with Gasteiger partial charge in [0.2, 0.25) is 5.82 Å². The van der Waals surface area contributed by atoms with Crippen molar-refractivity contribution in [1.82, 2.24) is 29.6 Å². The number of halogens is 1. The molecule has 0 spiro atoms. The van der Waals surface area contributed by atoms with Crippen molar-refractivity contribution >= 4 is 5.91 Å². The number of nitrogens with zero attached hydrogens (tertiary/aromatic N) is 5. The first-order valence-electron chi connectivity index (χ1n) is 8.10.